The SMILES string of the molecule is Cc1ccc2nc(-c3nc(N4CCNC(=O)C4)cnc3N)[nH]c2c1. The topological polar surface area (TPSA) is 113 Å². The van der Waals surface area contributed by atoms with Gasteiger partial charge in [-0.3, -0.25) is 4.79 Å². The first-order valence-corrected chi connectivity index (χ1v) is 7.71. The van der Waals surface area contributed by atoms with Crippen LogP contribution >= 0.6 is 0 Å². The molecule has 3 aromatic rings. The maximum Gasteiger partial charge on any atom is 0.239 e. The highest BCUT2D eigenvalue weighted by molar-refractivity contribution is 5.83. The van der Waals surface area contributed by atoms with Gasteiger partial charge >= 0.3 is 0 Å². The van der Waals surface area contributed by atoms with Crippen LogP contribution < -0.4 is 16.0 Å². The number of nitrogens with zero attached hydrogens (tertiary/aromatic N) is 4. The van der Waals surface area contributed by atoms with Gasteiger partial charge in [-0.15, -0.1) is 0 Å². The fraction of sp³-hybridized carbons (Fsp3) is 0.250. The second kappa shape index (κ2) is 5.48. The number of carbonyl (C=O) groups is 1. The summed E-state index contributed by atoms with van der Waals surface area (Å²) < 4.78 is 0. The summed E-state index contributed by atoms with van der Waals surface area (Å²) in [5, 5.41) is 2.79. The quantitative estimate of drug-likeness (QED) is 0.644. The third kappa shape index (κ3) is 2.51. The molecule has 0 unspecified atom stereocenters. The average Bonchev–Trinajstić information content (AvgIpc) is 2.98. The molecule has 0 spiro atoms. The van der Waals surface area contributed by atoms with Crippen LogP contribution in [0.3, 0.4) is 0 Å². The summed E-state index contributed by atoms with van der Waals surface area (Å²) in [6.07, 6.45) is 1.59. The lowest BCUT2D eigenvalue weighted by atomic mass is 10.2. The van der Waals surface area contributed by atoms with Gasteiger partial charge < -0.3 is 20.9 Å². The molecule has 0 saturated carbocycles. The molecule has 1 aliphatic rings. The van der Waals surface area contributed by atoms with Crippen LogP contribution in [0, 0.1) is 6.92 Å². The van der Waals surface area contributed by atoms with Crippen molar-refractivity contribution in [1.29, 1.82) is 0 Å². The summed E-state index contributed by atoms with van der Waals surface area (Å²) >= 11 is 0. The highest BCUT2D eigenvalue weighted by Crippen LogP contribution is 2.25. The van der Waals surface area contributed by atoms with Gasteiger partial charge in [-0.1, -0.05) is 6.07 Å². The standard InChI is InChI=1S/C16H17N7O/c1-9-2-3-10-11(6-9)21-16(20-10)14-15(17)19-7-12(22-14)23-5-4-18-13(24)8-23/h2-3,6-7H,4-5,8H2,1H3,(H2,17,19)(H,18,24)(H,20,21). The van der Waals surface area contributed by atoms with Gasteiger partial charge in [0, 0.05) is 13.1 Å². The minimum atomic E-state index is -0.0272. The molecule has 2 aromatic heterocycles. The largest absolute Gasteiger partial charge is 0.382 e. The number of aromatic amines is 1. The molecule has 0 radical (unpaired) electrons. The number of anilines is 2. The van der Waals surface area contributed by atoms with Crippen molar-refractivity contribution >= 4 is 28.6 Å². The molecule has 0 aliphatic carbocycles. The van der Waals surface area contributed by atoms with E-state index < -0.39 is 0 Å². The van der Waals surface area contributed by atoms with Crippen molar-refractivity contribution in [3.05, 3.63) is 30.0 Å². The first-order valence-electron chi connectivity index (χ1n) is 7.71. The van der Waals surface area contributed by atoms with Gasteiger partial charge in [0.05, 0.1) is 23.8 Å². The number of hydrogen-bond donors (Lipinski definition) is 3. The Labute approximate surface area is 138 Å². The van der Waals surface area contributed by atoms with Crippen molar-refractivity contribution < 1.29 is 4.79 Å². The van der Waals surface area contributed by atoms with Crippen molar-refractivity contribution in [2.75, 3.05) is 30.3 Å². The van der Waals surface area contributed by atoms with E-state index in [0.717, 1.165) is 16.6 Å². The van der Waals surface area contributed by atoms with E-state index in [-0.39, 0.29) is 12.5 Å². The molecular formula is C16H17N7O. The smallest absolute Gasteiger partial charge is 0.239 e. The second-order valence-corrected chi connectivity index (χ2v) is 5.84. The summed E-state index contributed by atoms with van der Waals surface area (Å²) in [4.78, 5) is 30.0. The molecule has 122 valence electrons. The number of piperazine rings is 1. The summed E-state index contributed by atoms with van der Waals surface area (Å²) in [6, 6.07) is 5.98. The number of amides is 1. The van der Waals surface area contributed by atoms with Gasteiger partial charge in [-0.05, 0) is 24.6 Å². The molecule has 4 N–H and O–H groups in total. The van der Waals surface area contributed by atoms with E-state index in [1.807, 2.05) is 30.0 Å². The number of hydrogen-bond acceptors (Lipinski definition) is 6. The normalized spacial score (nSPS) is 14.9. The van der Waals surface area contributed by atoms with Crippen molar-refractivity contribution in [3.63, 3.8) is 0 Å². The molecule has 1 amide bonds. The zero-order chi connectivity index (χ0) is 16.7. The third-order valence-electron chi connectivity index (χ3n) is 4.01. The van der Waals surface area contributed by atoms with Crippen LogP contribution in [-0.2, 0) is 4.79 Å². The van der Waals surface area contributed by atoms with E-state index in [9.17, 15) is 4.79 Å². The lowest BCUT2D eigenvalue weighted by molar-refractivity contribution is -0.120. The zero-order valence-electron chi connectivity index (χ0n) is 13.2. The van der Waals surface area contributed by atoms with Crippen molar-refractivity contribution in [2.24, 2.45) is 0 Å². The Balaban J connectivity index is 1.76. The van der Waals surface area contributed by atoms with E-state index in [2.05, 4.69) is 25.3 Å². The number of aromatic nitrogens is 4. The van der Waals surface area contributed by atoms with Crippen LogP contribution in [0.15, 0.2) is 24.4 Å². The zero-order valence-corrected chi connectivity index (χ0v) is 13.2. The minimum absolute atomic E-state index is 0.0272. The number of nitrogen functional groups attached to an aromatic ring is 1. The van der Waals surface area contributed by atoms with Crippen LogP contribution in [0.5, 0.6) is 0 Å². The Hall–Kier alpha value is -3.16. The number of nitrogens with two attached hydrogens (primary N) is 1. The predicted molar refractivity (Wildman–Crippen MR) is 91.5 cm³/mol. The molecular weight excluding hydrogens is 306 g/mol. The van der Waals surface area contributed by atoms with Gasteiger partial charge in [0.2, 0.25) is 5.91 Å². The van der Waals surface area contributed by atoms with E-state index in [4.69, 9.17) is 5.73 Å². The number of nitrogens with one attached hydrogen (secondary N) is 2. The predicted octanol–water partition coefficient (Wildman–Crippen LogP) is 0.847. The number of carbonyl (C=O) groups excluding carboxylic acids is 1. The van der Waals surface area contributed by atoms with Crippen LogP contribution in [0.1, 0.15) is 5.56 Å². The highest BCUT2D eigenvalue weighted by atomic mass is 16.2. The van der Waals surface area contributed by atoms with Gasteiger partial charge in [0.15, 0.2) is 17.3 Å². The molecule has 3 heterocycles. The first-order chi connectivity index (χ1) is 11.6. The molecule has 8 nitrogen and oxygen atoms in total. The Morgan fingerprint density at radius 3 is 3.00 bits per heavy atom. The fourth-order valence-corrected chi connectivity index (χ4v) is 2.79. The number of fused-ring (bicyclic) bond motifs is 1. The van der Waals surface area contributed by atoms with Crippen LogP contribution in [0.4, 0.5) is 11.6 Å². The summed E-state index contributed by atoms with van der Waals surface area (Å²) in [6.45, 7) is 3.56. The summed E-state index contributed by atoms with van der Waals surface area (Å²) in [7, 11) is 0. The van der Waals surface area contributed by atoms with Crippen molar-refractivity contribution in [3.8, 4) is 11.5 Å². The molecule has 0 atom stereocenters. The van der Waals surface area contributed by atoms with Gasteiger partial charge in [0.25, 0.3) is 0 Å². The lowest BCUT2D eigenvalue weighted by Gasteiger charge is -2.27. The molecule has 1 saturated heterocycles. The van der Waals surface area contributed by atoms with Crippen LogP contribution in [-0.4, -0.2) is 45.5 Å². The molecule has 0 bridgehead atoms. The molecule has 1 aliphatic heterocycles. The monoisotopic (exact) mass is 323 g/mol. The van der Waals surface area contributed by atoms with E-state index in [1.54, 1.807) is 6.20 Å². The Kier molecular flexibility index (Phi) is 3.30. The van der Waals surface area contributed by atoms with Gasteiger partial charge in [0.1, 0.15) is 5.82 Å². The molecule has 24 heavy (non-hydrogen) atoms. The number of rotatable bonds is 2. The Morgan fingerprint density at radius 2 is 2.17 bits per heavy atom. The van der Waals surface area contributed by atoms with Gasteiger partial charge in [-0.2, -0.15) is 0 Å². The molecule has 1 aromatic carbocycles. The third-order valence-corrected chi connectivity index (χ3v) is 4.01. The maximum atomic E-state index is 11.6. The van der Waals surface area contributed by atoms with E-state index in [1.165, 1.54) is 0 Å². The number of imidazole rings is 1. The number of aryl methyl sites for hydroxylation is 1. The summed E-state index contributed by atoms with van der Waals surface area (Å²) in [5.74, 6) is 1.46. The van der Waals surface area contributed by atoms with Crippen LogP contribution in [0.2, 0.25) is 0 Å². The Morgan fingerprint density at radius 1 is 1.29 bits per heavy atom. The van der Waals surface area contributed by atoms with Crippen molar-refractivity contribution in [1.82, 2.24) is 25.3 Å². The minimum Gasteiger partial charge on any atom is -0.382 e. The van der Waals surface area contributed by atoms with E-state index in [0.29, 0.717) is 36.2 Å². The fourth-order valence-electron chi connectivity index (χ4n) is 2.79. The highest BCUT2D eigenvalue weighted by Gasteiger charge is 2.20. The Bertz CT molecular complexity index is 933. The number of benzene rings is 1. The number of H-pyrrole nitrogens is 1. The van der Waals surface area contributed by atoms with Crippen LogP contribution in [0.25, 0.3) is 22.6 Å². The second-order valence-electron chi connectivity index (χ2n) is 5.84. The van der Waals surface area contributed by atoms with E-state index >= 15 is 0 Å². The molecule has 1 fully saturated rings. The van der Waals surface area contributed by atoms with Crippen molar-refractivity contribution in [2.45, 2.75) is 6.92 Å². The van der Waals surface area contributed by atoms with Gasteiger partial charge in [-0.25, -0.2) is 15.0 Å². The first kappa shape index (κ1) is 14.4. The maximum absolute atomic E-state index is 11.6. The molecule has 4 rings (SSSR count). The average molecular weight is 323 g/mol. The lowest BCUT2D eigenvalue weighted by Crippen LogP contribution is -2.48. The summed E-state index contributed by atoms with van der Waals surface area (Å²) in [5.41, 5.74) is 9.41. The molecule has 8 heteroatoms.